The highest BCUT2D eigenvalue weighted by molar-refractivity contribution is 6.06. The first-order valence-corrected chi connectivity index (χ1v) is 7.28. The molecule has 1 aliphatic rings. The Hall–Kier alpha value is -1.95. The molecular weight excluding hydrogens is 270 g/mol. The molecular formula is C15H19N3O3. The second kappa shape index (κ2) is 5.44. The number of amides is 1. The second-order valence-corrected chi connectivity index (χ2v) is 5.70. The predicted octanol–water partition coefficient (Wildman–Crippen LogP) is 1.91. The molecule has 1 saturated carbocycles. The summed E-state index contributed by atoms with van der Waals surface area (Å²) in [7, 11) is 0. The third kappa shape index (κ3) is 2.76. The van der Waals surface area contributed by atoms with Crippen LogP contribution in [0.3, 0.4) is 0 Å². The van der Waals surface area contributed by atoms with Gasteiger partial charge in [0.1, 0.15) is 0 Å². The zero-order valence-corrected chi connectivity index (χ0v) is 12.2. The summed E-state index contributed by atoms with van der Waals surface area (Å²) in [4.78, 5) is 17.0. The fraction of sp³-hybridized carbons (Fsp3) is 0.533. The Balaban J connectivity index is 1.98. The van der Waals surface area contributed by atoms with Gasteiger partial charge in [-0.1, -0.05) is 5.16 Å². The van der Waals surface area contributed by atoms with E-state index in [-0.39, 0.29) is 18.6 Å². The number of aryl methyl sites for hydroxylation is 1. The maximum absolute atomic E-state index is 12.5. The van der Waals surface area contributed by atoms with Gasteiger partial charge in [-0.3, -0.25) is 4.79 Å². The largest absolute Gasteiger partial charge is 0.396 e. The molecule has 1 amide bonds. The number of aromatic nitrogens is 2. The van der Waals surface area contributed by atoms with Gasteiger partial charge in [0.25, 0.3) is 11.6 Å². The summed E-state index contributed by atoms with van der Waals surface area (Å²) in [5, 5.41) is 16.4. The first-order valence-electron chi connectivity index (χ1n) is 7.28. The Kier molecular flexibility index (Phi) is 3.63. The zero-order chi connectivity index (χ0) is 15.0. The highest BCUT2D eigenvalue weighted by Crippen LogP contribution is 2.40. The number of nitrogens with zero attached hydrogens (tertiary/aromatic N) is 2. The minimum atomic E-state index is -0.170. The Morgan fingerprint density at radius 2 is 2.33 bits per heavy atom. The standard InChI is InChI=1S/C15H19N3O3/c1-8(5-6-19)16-14(20)11-7-12(10-3-4-10)17-15-13(11)9(2)18-21-15/h7-8,10,19H,3-6H2,1-2H3,(H,16,20). The van der Waals surface area contributed by atoms with Crippen LogP contribution in [0.15, 0.2) is 10.6 Å². The van der Waals surface area contributed by atoms with Gasteiger partial charge in [0.05, 0.1) is 16.6 Å². The molecule has 1 aliphatic carbocycles. The molecule has 6 nitrogen and oxygen atoms in total. The van der Waals surface area contributed by atoms with Gasteiger partial charge in [0, 0.05) is 24.3 Å². The van der Waals surface area contributed by atoms with Crippen LogP contribution in [0.4, 0.5) is 0 Å². The van der Waals surface area contributed by atoms with Gasteiger partial charge < -0.3 is 14.9 Å². The molecule has 0 spiro atoms. The maximum Gasteiger partial charge on any atom is 0.259 e. The van der Waals surface area contributed by atoms with E-state index in [4.69, 9.17) is 9.63 Å². The summed E-state index contributed by atoms with van der Waals surface area (Å²) in [6, 6.07) is 1.76. The van der Waals surface area contributed by atoms with Crippen molar-refractivity contribution in [3.8, 4) is 0 Å². The number of aliphatic hydroxyl groups is 1. The van der Waals surface area contributed by atoms with Crippen LogP contribution in [-0.4, -0.2) is 33.8 Å². The lowest BCUT2D eigenvalue weighted by Gasteiger charge is -2.13. The summed E-state index contributed by atoms with van der Waals surface area (Å²) < 4.78 is 5.23. The van der Waals surface area contributed by atoms with Crippen molar-refractivity contribution in [1.82, 2.24) is 15.5 Å². The smallest absolute Gasteiger partial charge is 0.259 e. The molecule has 0 aliphatic heterocycles. The number of nitrogens with one attached hydrogen (secondary N) is 1. The molecule has 0 aromatic carbocycles. The van der Waals surface area contributed by atoms with Crippen molar-refractivity contribution in [2.24, 2.45) is 0 Å². The Bertz CT molecular complexity index is 676. The van der Waals surface area contributed by atoms with E-state index in [0.29, 0.717) is 34.7 Å². The van der Waals surface area contributed by atoms with E-state index in [1.807, 2.05) is 13.0 Å². The van der Waals surface area contributed by atoms with E-state index in [9.17, 15) is 4.79 Å². The van der Waals surface area contributed by atoms with Crippen LogP contribution in [-0.2, 0) is 0 Å². The lowest BCUT2D eigenvalue weighted by Crippen LogP contribution is -2.33. The molecule has 0 radical (unpaired) electrons. The summed E-state index contributed by atoms with van der Waals surface area (Å²) in [6.45, 7) is 3.72. The molecule has 0 bridgehead atoms. The quantitative estimate of drug-likeness (QED) is 0.877. The molecule has 2 aromatic heterocycles. The van der Waals surface area contributed by atoms with E-state index in [1.54, 1.807) is 6.92 Å². The van der Waals surface area contributed by atoms with Crippen LogP contribution >= 0.6 is 0 Å². The van der Waals surface area contributed by atoms with E-state index in [2.05, 4.69) is 15.5 Å². The first-order chi connectivity index (χ1) is 10.1. The molecule has 1 unspecified atom stereocenters. The number of hydrogen-bond donors (Lipinski definition) is 2. The minimum absolute atomic E-state index is 0.0484. The molecule has 0 saturated heterocycles. The molecule has 2 N–H and O–H groups in total. The number of hydrogen-bond acceptors (Lipinski definition) is 5. The molecule has 3 rings (SSSR count). The third-order valence-electron chi connectivity index (χ3n) is 3.82. The van der Waals surface area contributed by atoms with Gasteiger partial charge in [-0.15, -0.1) is 0 Å². The maximum atomic E-state index is 12.5. The average Bonchev–Trinajstić information content (AvgIpc) is 3.23. The SMILES string of the molecule is Cc1noc2nc(C3CC3)cc(C(=O)NC(C)CCO)c12. The van der Waals surface area contributed by atoms with Crippen LogP contribution in [0.2, 0.25) is 0 Å². The molecule has 2 aromatic rings. The summed E-state index contributed by atoms with van der Waals surface area (Å²) >= 11 is 0. The van der Waals surface area contributed by atoms with Gasteiger partial charge in [-0.05, 0) is 39.2 Å². The van der Waals surface area contributed by atoms with E-state index < -0.39 is 0 Å². The fourth-order valence-corrected chi connectivity index (χ4v) is 2.45. The second-order valence-electron chi connectivity index (χ2n) is 5.70. The predicted molar refractivity (Wildman–Crippen MR) is 77.1 cm³/mol. The van der Waals surface area contributed by atoms with E-state index in [1.165, 1.54) is 0 Å². The number of rotatable bonds is 5. The van der Waals surface area contributed by atoms with Crippen LogP contribution in [0.25, 0.3) is 11.1 Å². The van der Waals surface area contributed by atoms with Crippen LogP contribution < -0.4 is 5.32 Å². The van der Waals surface area contributed by atoms with Crippen molar-refractivity contribution in [1.29, 1.82) is 0 Å². The minimum Gasteiger partial charge on any atom is -0.396 e. The first kappa shape index (κ1) is 14.0. The Morgan fingerprint density at radius 3 is 3.00 bits per heavy atom. The Labute approximate surface area is 122 Å². The molecule has 6 heteroatoms. The molecule has 1 fully saturated rings. The van der Waals surface area contributed by atoms with E-state index >= 15 is 0 Å². The van der Waals surface area contributed by atoms with Gasteiger partial charge in [0.2, 0.25) is 0 Å². The number of carbonyl (C=O) groups is 1. The highest BCUT2D eigenvalue weighted by Gasteiger charge is 2.28. The number of carbonyl (C=O) groups excluding carboxylic acids is 1. The molecule has 1 atom stereocenters. The lowest BCUT2D eigenvalue weighted by molar-refractivity contribution is 0.0936. The number of fused-ring (bicyclic) bond motifs is 1. The van der Waals surface area contributed by atoms with Crippen molar-refractivity contribution < 1.29 is 14.4 Å². The van der Waals surface area contributed by atoms with Crippen LogP contribution in [0, 0.1) is 6.92 Å². The average molecular weight is 289 g/mol. The van der Waals surface area contributed by atoms with Crippen molar-refractivity contribution in [3.05, 3.63) is 23.0 Å². The van der Waals surface area contributed by atoms with E-state index in [0.717, 1.165) is 18.5 Å². The number of aliphatic hydroxyl groups excluding tert-OH is 1. The van der Waals surface area contributed by atoms with Gasteiger partial charge in [0.15, 0.2) is 0 Å². The van der Waals surface area contributed by atoms with Crippen molar-refractivity contribution >= 4 is 17.0 Å². The molecule has 2 heterocycles. The van der Waals surface area contributed by atoms with Crippen molar-refractivity contribution in [2.45, 2.75) is 45.1 Å². The Morgan fingerprint density at radius 1 is 1.57 bits per heavy atom. The monoisotopic (exact) mass is 289 g/mol. The summed E-state index contributed by atoms with van der Waals surface area (Å²) in [5.74, 6) is 0.262. The summed E-state index contributed by atoms with van der Waals surface area (Å²) in [6.07, 6.45) is 2.74. The molecule has 112 valence electrons. The number of pyridine rings is 1. The van der Waals surface area contributed by atoms with Crippen molar-refractivity contribution in [2.75, 3.05) is 6.61 Å². The van der Waals surface area contributed by atoms with Gasteiger partial charge in [-0.2, -0.15) is 0 Å². The fourth-order valence-electron chi connectivity index (χ4n) is 2.45. The lowest BCUT2D eigenvalue weighted by atomic mass is 10.1. The summed E-state index contributed by atoms with van der Waals surface area (Å²) in [5.41, 5.74) is 2.56. The molecule has 21 heavy (non-hydrogen) atoms. The third-order valence-corrected chi connectivity index (χ3v) is 3.82. The highest BCUT2D eigenvalue weighted by atomic mass is 16.5. The van der Waals surface area contributed by atoms with Crippen LogP contribution in [0.5, 0.6) is 0 Å². The van der Waals surface area contributed by atoms with Gasteiger partial charge >= 0.3 is 0 Å². The van der Waals surface area contributed by atoms with Gasteiger partial charge in [-0.25, -0.2) is 4.98 Å². The zero-order valence-electron chi connectivity index (χ0n) is 12.2. The van der Waals surface area contributed by atoms with Crippen molar-refractivity contribution in [3.63, 3.8) is 0 Å². The normalized spacial score (nSPS) is 16.1. The topological polar surface area (TPSA) is 88.2 Å². The van der Waals surface area contributed by atoms with Crippen LogP contribution in [0.1, 0.15) is 53.8 Å².